The number of carbonyl (C=O) groups excluding carboxylic acids is 1. The van der Waals surface area contributed by atoms with E-state index in [4.69, 9.17) is 9.47 Å². The summed E-state index contributed by atoms with van der Waals surface area (Å²) in [6, 6.07) is 20.7. The molecule has 0 saturated carbocycles. The fourth-order valence-corrected chi connectivity index (χ4v) is 8.25. The summed E-state index contributed by atoms with van der Waals surface area (Å²) in [4.78, 5) is 13.5. The number of methoxy groups -OCH3 is 1. The molecule has 4 aromatic carbocycles. The monoisotopic (exact) mass is 647 g/mol. The molecule has 0 amide bonds. The highest BCUT2D eigenvalue weighted by Crippen LogP contribution is 2.45. The average Bonchev–Trinajstić information content (AvgIpc) is 3.05. The molecule has 1 aliphatic heterocycles. The van der Waals surface area contributed by atoms with Gasteiger partial charge in [0.25, 0.3) is 0 Å². The third kappa shape index (κ3) is 8.15. The van der Waals surface area contributed by atoms with E-state index >= 15 is 0 Å². The van der Waals surface area contributed by atoms with E-state index in [0.29, 0.717) is 30.8 Å². The van der Waals surface area contributed by atoms with Crippen molar-refractivity contribution >= 4 is 38.1 Å². The molecule has 0 aromatic heterocycles. The van der Waals surface area contributed by atoms with Gasteiger partial charge < -0.3 is 24.8 Å². The maximum absolute atomic E-state index is 13.5. The molecule has 0 unspecified atom stereocenters. The van der Waals surface area contributed by atoms with Crippen molar-refractivity contribution in [3.8, 4) is 28.4 Å². The summed E-state index contributed by atoms with van der Waals surface area (Å²) in [6.45, 7) is -0.0466. The molecular formula is C36H41NO6S2. The number of ketones is 1. The average molecular weight is 648 g/mol. The summed E-state index contributed by atoms with van der Waals surface area (Å²) in [7, 11) is 6.97. The van der Waals surface area contributed by atoms with E-state index in [0.717, 1.165) is 69.2 Å². The highest BCUT2D eigenvalue weighted by atomic mass is 33.1. The first-order valence-corrected chi connectivity index (χ1v) is 17.8. The van der Waals surface area contributed by atoms with Gasteiger partial charge in [0.05, 0.1) is 19.8 Å². The largest absolute Gasteiger partial charge is 0.508 e. The molecule has 9 heteroatoms. The van der Waals surface area contributed by atoms with Crippen LogP contribution in [0.4, 0.5) is 0 Å². The molecule has 2 atom stereocenters. The van der Waals surface area contributed by atoms with Gasteiger partial charge in [-0.2, -0.15) is 0 Å². The first-order valence-electron chi connectivity index (χ1n) is 15.3. The van der Waals surface area contributed by atoms with Crippen LogP contribution in [0, 0.1) is 0 Å². The first-order chi connectivity index (χ1) is 21.9. The fraction of sp³-hybridized carbons (Fsp3) is 0.361. The Labute approximate surface area is 272 Å². The molecular weight excluding hydrogens is 607 g/mol. The Bertz CT molecular complexity index is 1630. The van der Waals surface area contributed by atoms with Gasteiger partial charge in [-0.3, -0.25) is 10.1 Å². The number of hydrogen-bond acceptors (Lipinski definition) is 9. The van der Waals surface area contributed by atoms with E-state index < -0.39 is 6.23 Å². The van der Waals surface area contributed by atoms with Gasteiger partial charge >= 0.3 is 0 Å². The molecule has 0 spiro atoms. The number of Topliss-reactive ketones (excluding diaryl/α,β-unsaturated/α-hetero) is 1. The molecule has 4 N–H and O–H groups in total. The van der Waals surface area contributed by atoms with Crippen molar-refractivity contribution in [2.24, 2.45) is 0 Å². The summed E-state index contributed by atoms with van der Waals surface area (Å²) in [6.07, 6.45) is 3.12. The van der Waals surface area contributed by atoms with Gasteiger partial charge in [-0.1, -0.05) is 70.5 Å². The number of aryl methyl sites for hydroxylation is 1. The number of ether oxygens (including phenoxy) is 2. The van der Waals surface area contributed by atoms with Crippen molar-refractivity contribution < 1.29 is 29.6 Å². The lowest BCUT2D eigenvalue weighted by Crippen LogP contribution is -2.27. The summed E-state index contributed by atoms with van der Waals surface area (Å²) >= 11 is 0. The summed E-state index contributed by atoms with van der Waals surface area (Å²) < 4.78 is 12.3. The number of aliphatic hydroxyl groups is 1. The summed E-state index contributed by atoms with van der Waals surface area (Å²) in [5.74, 6) is 2.37. The van der Waals surface area contributed by atoms with Crippen molar-refractivity contribution in [1.82, 2.24) is 5.32 Å². The van der Waals surface area contributed by atoms with Crippen LogP contribution in [0.25, 0.3) is 21.9 Å². The van der Waals surface area contributed by atoms with Crippen LogP contribution in [0.3, 0.4) is 0 Å². The molecule has 1 heterocycles. The third-order valence-electron chi connectivity index (χ3n) is 8.26. The lowest BCUT2D eigenvalue weighted by atomic mass is 9.89. The SMILES string of the molecule is CN[C@H](O[C@@H]1CCCCSSCc2c(ccc3ccc(O)cc23)-c2c(ccc(O)c2OC)CCC(=O)C1)c1cccc(CO)c1. The van der Waals surface area contributed by atoms with Crippen LogP contribution < -0.4 is 10.1 Å². The van der Waals surface area contributed by atoms with Crippen LogP contribution in [0.5, 0.6) is 17.2 Å². The van der Waals surface area contributed by atoms with Crippen LogP contribution in [-0.4, -0.2) is 47.1 Å². The molecule has 0 aliphatic carbocycles. The Morgan fingerprint density at radius 1 is 1.00 bits per heavy atom. The second-order valence-corrected chi connectivity index (χ2v) is 13.9. The minimum Gasteiger partial charge on any atom is -0.508 e. The van der Waals surface area contributed by atoms with Crippen molar-refractivity contribution in [3.05, 3.63) is 89.0 Å². The van der Waals surface area contributed by atoms with Gasteiger partial charge in [0.2, 0.25) is 0 Å². The molecule has 5 rings (SSSR count). The highest BCUT2D eigenvalue weighted by Gasteiger charge is 2.24. The lowest BCUT2D eigenvalue weighted by molar-refractivity contribution is -0.124. The predicted octanol–water partition coefficient (Wildman–Crippen LogP) is 7.68. The Morgan fingerprint density at radius 3 is 2.64 bits per heavy atom. The second-order valence-electron chi connectivity index (χ2n) is 11.3. The number of nitrogens with one attached hydrogen (secondary N) is 1. The van der Waals surface area contributed by atoms with Crippen LogP contribution in [0.2, 0.25) is 0 Å². The molecule has 0 radical (unpaired) electrons. The van der Waals surface area contributed by atoms with Gasteiger partial charge in [0.1, 0.15) is 17.8 Å². The number of phenolic OH excluding ortho intramolecular Hbond substituents is 2. The van der Waals surface area contributed by atoms with Crippen molar-refractivity contribution in [2.75, 3.05) is 19.9 Å². The Kier molecular flexibility index (Phi) is 11.7. The highest BCUT2D eigenvalue weighted by molar-refractivity contribution is 8.76. The smallest absolute Gasteiger partial charge is 0.168 e. The minimum absolute atomic E-state index is 0.0396. The molecule has 45 heavy (non-hydrogen) atoms. The fourth-order valence-electron chi connectivity index (χ4n) is 5.98. The zero-order chi connectivity index (χ0) is 31.8. The standard InChI is InChI=1S/C36H41NO6S2/c1-37-36(26-7-5-6-23(18-26)21-38)43-29-8-3-4-17-44-45-22-32-30(15-11-24-9-13-28(40)20-31(24)32)34-25(10-14-27(39)19-29)12-16-33(41)35(34)42-2/h5-7,9,11-13,15-16,18,20,29,36-38,40-41H,3-4,8,10,14,17,19,21-22H2,1-2H3/t29-,36-/m1/s1. The number of carbonyl (C=O) groups is 1. The molecule has 1 aliphatic rings. The minimum atomic E-state index is -0.399. The number of fused-ring (bicyclic) bond motifs is 5. The number of aliphatic hydroxyl groups excluding tert-OH is 1. The van der Waals surface area contributed by atoms with Crippen molar-refractivity contribution in [3.63, 3.8) is 0 Å². The molecule has 7 nitrogen and oxygen atoms in total. The number of aromatic hydroxyl groups is 2. The van der Waals surface area contributed by atoms with Crippen LogP contribution in [-0.2, 0) is 28.3 Å². The number of rotatable bonds is 6. The van der Waals surface area contributed by atoms with E-state index in [2.05, 4.69) is 11.4 Å². The third-order valence-corrected chi connectivity index (χ3v) is 10.6. The quantitative estimate of drug-likeness (QED) is 0.124. The maximum atomic E-state index is 13.5. The normalized spacial score (nSPS) is 17.4. The molecule has 0 bridgehead atoms. The van der Waals surface area contributed by atoms with Crippen LogP contribution in [0.15, 0.2) is 66.7 Å². The molecule has 238 valence electrons. The number of benzene rings is 4. The Morgan fingerprint density at radius 2 is 1.84 bits per heavy atom. The Hall–Kier alpha value is -3.21. The van der Waals surface area contributed by atoms with Gasteiger partial charge in [0, 0.05) is 29.9 Å². The van der Waals surface area contributed by atoms with Gasteiger partial charge in [-0.05, 0) is 89.2 Å². The van der Waals surface area contributed by atoms with Crippen molar-refractivity contribution in [2.45, 2.75) is 63.2 Å². The molecule has 0 saturated heterocycles. The lowest BCUT2D eigenvalue weighted by Gasteiger charge is -2.25. The van der Waals surface area contributed by atoms with E-state index in [1.807, 2.05) is 60.3 Å². The van der Waals surface area contributed by atoms with Gasteiger partial charge in [-0.15, -0.1) is 0 Å². The van der Waals surface area contributed by atoms with E-state index in [1.54, 1.807) is 36.1 Å². The first kappa shape index (κ1) is 33.2. The van der Waals surface area contributed by atoms with Gasteiger partial charge in [0.15, 0.2) is 11.5 Å². The zero-order valence-electron chi connectivity index (χ0n) is 25.8. The Balaban J connectivity index is 1.47. The molecule has 4 aromatic rings. The maximum Gasteiger partial charge on any atom is 0.168 e. The number of hydrogen-bond donors (Lipinski definition) is 4. The zero-order valence-corrected chi connectivity index (χ0v) is 27.4. The van der Waals surface area contributed by atoms with Crippen molar-refractivity contribution in [1.29, 1.82) is 0 Å². The van der Waals surface area contributed by atoms with E-state index in [1.165, 1.54) is 0 Å². The van der Waals surface area contributed by atoms with Gasteiger partial charge in [-0.25, -0.2) is 0 Å². The van der Waals surface area contributed by atoms with Crippen LogP contribution >= 0.6 is 21.6 Å². The molecule has 0 fully saturated rings. The predicted molar refractivity (Wildman–Crippen MR) is 184 cm³/mol. The second kappa shape index (κ2) is 15.9. The topological polar surface area (TPSA) is 108 Å². The van der Waals surface area contributed by atoms with Crippen LogP contribution in [0.1, 0.15) is 60.6 Å². The van der Waals surface area contributed by atoms with E-state index in [9.17, 15) is 20.1 Å². The summed E-state index contributed by atoms with van der Waals surface area (Å²) in [5.41, 5.74) is 5.39. The number of phenols is 2. The van der Waals surface area contributed by atoms with E-state index in [-0.39, 0.29) is 30.0 Å². The summed E-state index contributed by atoms with van der Waals surface area (Å²) in [5, 5.41) is 36.0.